The van der Waals surface area contributed by atoms with Crippen molar-refractivity contribution in [3.8, 4) is 0 Å². The highest BCUT2D eigenvalue weighted by atomic mass is 16.6. The zero-order valence-electron chi connectivity index (χ0n) is 38.8. The van der Waals surface area contributed by atoms with Gasteiger partial charge in [0.05, 0.1) is 0 Å². The summed E-state index contributed by atoms with van der Waals surface area (Å²) < 4.78 is 16.7. The Morgan fingerprint density at radius 1 is 0.356 bits per heavy atom. The van der Waals surface area contributed by atoms with Gasteiger partial charge in [-0.15, -0.1) is 0 Å². The Labute approximate surface area is 364 Å². The van der Waals surface area contributed by atoms with Crippen LogP contribution < -0.4 is 0 Å². The predicted octanol–water partition coefficient (Wildman–Crippen LogP) is 16.1. The number of esters is 3. The average molecular weight is 825 g/mol. The molecule has 0 saturated heterocycles. The van der Waals surface area contributed by atoms with Crippen LogP contribution in [0.5, 0.6) is 0 Å². The molecule has 0 aromatic carbocycles. The van der Waals surface area contributed by atoms with Crippen LogP contribution in [0.15, 0.2) is 60.8 Å². The molecule has 0 radical (unpaired) electrons. The molecule has 0 aliphatic carbocycles. The first-order valence-electron chi connectivity index (χ1n) is 24.8. The van der Waals surface area contributed by atoms with Crippen LogP contribution in [0.3, 0.4) is 0 Å². The maximum atomic E-state index is 12.8. The fraction of sp³-hybridized carbons (Fsp3) is 0.755. The summed E-state index contributed by atoms with van der Waals surface area (Å²) in [6.07, 6.45) is 57.7. The molecule has 0 N–H and O–H groups in total. The van der Waals surface area contributed by atoms with E-state index in [1.165, 1.54) is 96.3 Å². The molecule has 0 heterocycles. The van der Waals surface area contributed by atoms with Gasteiger partial charge in [-0.05, 0) is 77.0 Å². The van der Waals surface area contributed by atoms with Crippen LogP contribution in [0.1, 0.15) is 239 Å². The summed E-state index contributed by atoms with van der Waals surface area (Å²) in [5, 5.41) is 0. The third kappa shape index (κ3) is 46.0. The van der Waals surface area contributed by atoms with Crippen LogP contribution in [0.4, 0.5) is 0 Å². The minimum Gasteiger partial charge on any atom is -0.462 e. The first kappa shape index (κ1) is 56.1. The molecule has 0 aromatic heterocycles. The number of rotatable bonds is 44. The number of carbonyl (C=O) groups excluding carboxylic acids is 3. The van der Waals surface area contributed by atoms with Crippen molar-refractivity contribution in [3.05, 3.63) is 60.8 Å². The molecule has 0 spiro atoms. The zero-order valence-corrected chi connectivity index (χ0v) is 38.8. The molecule has 0 bridgehead atoms. The van der Waals surface area contributed by atoms with Crippen molar-refractivity contribution in [1.82, 2.24) is 0 Å². The normalized spacial score (nSPS) is 12.5. The topological polar surface area (TPSA) is 78.9 Å². The third-order valence-corrected chi connectivity index (χ3v) is 10.5. The summed E-state index contributed by atoms with van der Waals surface area (Å²) >= 11 is 0. The Balaban J connectivity index is 4.40. The van der Waals surface area contributed by atoms with E-state index in [4.69, 9.17) is 14.2 Å². The van der Waals surface area contributed by atoms with E-state index in [1.807, 2.05) is 0 Å². The molecule has 0 aromatic rings. The fourth-order valence-electron chi connectivity index (χ4n) is 6.77. The van der Waals surface area contributed by atoms with Gasteiger partial charge in [-0.25, -0.2) is 0 Å². The van der Waals surface area contributed by atoms with E-state index in [-0.39, 0.29) is 31.1 Å². The minimum atomic E-state index is -0.783. The summed E-state index contributed by atoms with van der Waals surface area (Å²) in [6, 6.07) is 0. The van der Waals surface area contributed by atoms with Crippen LogP contribution in [0.2, 0.25) is 0 Å². The second kappa shape index (κ2) is 47.8. The average Bonchev–Trinajstić information content (AvgIpc) is 3.23. The second-order valence-electron chi connectivity index (χ2n) is 16.3. The molecule has 6 nitrogen and oxygen atoms in total. The molecular weight excluding hydrogens is 733 g/mol. The molecule has 6 heteroatoms. The monoisotopic (exact) mass is 825 g/mol. The van der Waals surface area contributed by atoms with Gasteiger partial charge in [0, 0.05) is 19.3 Å². The highest BCUT2D eigenvalue weighted by molar-refractivity contribution is 5.71. The molecule has 0 amide bonds. The number of carbonyl (C=O) groups is 3. The summed E-state index contributed by atoms with van der Waals surface area (Å²) in [5.41, 5.74) is 0. The summed E-state index contributed by atoms with van der Waals surface area (Å²) in [5.74, 6) is -0.916. The molecule has 0 fully saturated rings. The molecule has 0 rings (SSSR count). The molecule has 340 valence electrons. The van der Waals surface area contributed by atoms with E-state index in [0.29, 0.717) is 19.3 Å². The Kier molecular flexibility index (Phi) is 45.4. The zero-order chi connectivity index (χ0) is 43.0. The second-order valence-corrected chi connectivity index (χ2v) is 16.3. The van der Waals surface area contributed by atoms with Gasteiger partial charge in [-0.3, -0.25) is 14.4 Å². The van der Waals surface area contributed by atoms with Crippen LogP contribution in [0, 0.1) is 0 Å². The maximum absolute atomic E-state index is 12.8. The Hall–Kier alpha value is -2.89. The molecule has 59 heavy (non-hydrogen) atoms. The largest absolute Gasteiger partial charge is 0.462 e. The highest BCUT2D eigenvalue weighted by Crippen LogP contribution is 2.15. The fourth-order valence-corrected chi connectivity index (χ4v) is 6.77. The summed E-state index contributed by atoms with van der Waals surface area (Å²) in [4.78, 5) is 37.9. The number of allylic oxidation sites excluding steroid dienone is 10. The Bertz CT molecular complexity index is 1090. The number of unbranched alkanes of at least 4 members (excludes halogenated alkanes) is 23. The number of hydrogen-bond acceptors (Lipinski definition) is 6. The van der Waals surface area contributed by atoms with E-state index in [1.54, 1.807) is 0 Å². The van der Waals surface area contributed by atoms with Crippen molar-refractivity contribution in [2.75, 3.05) is 13.2 Å². The van der Waals surface area contributed by atoms with Crippen molar-refractivity contribution in [2.45, 2.75) is 245 Å². The van der Waals surface area contributed by atoms with E-state index in [2.05, 4.69) is 81.5 Å². The van der Waals surface area contributed by atoms with Gasteiger partial charge >= 0.3 is 17.9 Å². The van der Waals surface area contributed by atoms with Crippen molar-refractivity contribution >= 4 is 17.9 Å². The molecular formula is C53H92O6. The smallest absolute Gasteiger partial charge is 0.306 e. The van der Waals surface area contributed by atoms with Gasteiger partial charge in [0.1, 0.15) is 13.2 Å². The third-order valence-electron chi connectivity index (χ3n) is 10.5. The lowest BCUT2D eigenvalue weighted by Crippen LogP contribution is -2.30. The van der Waals surface area contributed by atoms with Crippen molar-refractivity contribution in [2.24, 2.45) is 0 Å². The van der Waals surface area contributed by atoms with Gasteiger partial charge in [-0.2, -0.15) is 0 Å². The van der Waals surface area contributed by atoms with Gasteiger partial charge in [0.25, 0.3) is 0 Å². The van der Waals surface area contributed by atoms with E-state index < -0.39 is 6.10 Å². The summed E-state index contributed by atoms with van der Waals surface area (Å²) in [6.45, 7) is 6.46. The van der Waals surface area contributed by atoms with Gasteiger partial charge < -0.3 is 14.2 Å². The standard InChI is InChI=1S/C53H92O6/c1-4-7-10-13-16-19-22-24-25-26-27-29-31-34-37-40-43-46-52(55)58-49-50(48-57-51(54)45-42-39-36-33-30-21-18-15-12-9-6-3)59-53(56)47-44-41-38-35-32-28-23-20-17-14-11-8-5-2/h7,10,15-16,18-19,24-25,27,29,50H,4-6,8-9,11-14,17,20-23,26,28,30-49H2,1-3H3/b10-7-,18-15-,19-16-,25-24-,29-27-. The van der Waals surface area contributed by atoms with Gasteiger partial charge in [0.15, 0.2) is 6.10 Å². The Morgan fingerprint density at radius 2 is 0.678 bits per heavy atom. The highest BCUT2D eigenvalue weighted by Gasteiger charge is 2.19. The number of hydrogen-bond donors (Lipinski definition) is 0. The molecule has 0 saturated carbocycles. The van der Waals surface area contributed by atoms with Crippen molar-refractivity contribution in [1.29, 1.82) is 0 Å². The van der Waals surface area contributed by atoms with Crippen molar-refractivity contribution < 1.29 is 28.6 Å². The Morgan fingerprint density at radius 3 is 1.10 bits per heavy atom. The predicted molar refractivity (Wildman–Crippen MR) is 251 cm³/mol. The minimum absolute atomic E-state index is 0.0852. The molecule has 0 aliphatic rings. The lowest BCUT2D eigenvalue weighted by Gasteiger charge is -2.18. The van der Waals surface area contributed by atoms with Crippen molar-refractivity contribution in [3.63, 3.8) is 0 Å². The SMILES string of the molecule is CC/C=C\C/C=C\C/C=C\C/C=C\CCCCCCC(=O)OCC(COC(=O)CCCCCCC/C=C\CCCC)OC(=O)CCCCCCCCCCCCCCC. The van der Waals surface area contributed by atoms with Gasteiger partial charge in [-0.1, -0.05) is 204 Å². The summed E-state index contributed by atoms with van der Waals surface area (Å²) in [7, 11) is 0. The quantitative estimate of drug-likeness (QED) is 0.0263. The first-order chi connectivity index (χ1) is 29.0. The molecule has 1 unspecified atom stereocenters. The van der Waals surface area contributed by atoms with E-state index in [9.17, 15) is 14.4 Å². The lowest BCUT2D eigenvalue weighted by molar-refractivity contribution is -0.167. The van der Waals surface area contributed by atoms with Crippen LogP contribution in [-0.2, 0) is 28.6 Å². The van der Waals surface area contributed by atoms with E-state index in [0.717, 1.165) is 103 Å². The van der Waals surface area contributed by atoms with Crippen LogP contribution in [-0.4, -0.2) is 37.2 Å². The molecule has 0 aliphatic heterocycles. The lowest BCUT2D eigenvalue weighted by atomic mass is 10.0. The first-order valence-corrected chi connectivity index (χ1v) is 24.8. The maximum Gasteiger partial charge on any atom is 0.306 e. The van der Waals surface area contributed by atoms with Crippen LogP contribution in [0.25, 0.3) is 0 Å². The molecule has 1 atom stereocenters. The van der Waals surface area contributed by atoms with Gasteiger partial charge in [0.2, 0.25) is 0 Å². The number of ether oxygens (including phenoxy) is 3. The van der Waals surface area contributed by atoms with E-state index >= 15 is 0 Å². The van der Waals surface area contributed by atoms with Crippen LogP contribution >= 0.6 is 0 Å².